The largest absolute Gasteiger partial charge is 0.356 e. The molecule has 0 unspecified atom stereocenters. The molecule has 2 amide bonds. The Bertz CT molecular complexity index is 687. The summed E-state index contributed by atoms with van der Waals surface area (Å²) in [6.45, 7) is 2.24. The first kappa shape index (κ1) is 17.3. The van der Waals surface area contributed by atoms with Gasteiger partial charge in [-0.05, 0) is 56.8 Å². The summed E-state index contributed by atoms with van der Waals surface area (Å²) in [5.41, 5.74) is 2.26. The minimum absolute atomic E-state index is 0.0380. The lowest BCUT2D eigenvalue weighted by atomic mass is 9.90. The normalized spacial score (nSPS) is 24.2. The van der Waals surface area contributed by atoms with Gasteiger partial charge in [0, 0.05) is 31.7 Å². The number of carbonyl (C=O) groups excluding carboxylic acids is 2. The molecule has 6 nitrogen and oxygen atoms in total. The Hall–Kier alpha value is -2.11. The van der Waals surface area contributed by atoms with Gasteiger partial charge in [0.25, 0.3) is 5.91 Å². The molecule has 1 aromatic heterocycles. The van der Waals surface area contributed by atoms with Crippen LogP contribution in [0.15, 0.2) is 24.0 Å². The van der Waals surface area contributed by atoms with Crippen molar-refractivity contribution in [2.45, 2.75) is 51.4 Å². The Morgan fingerprint density at radius 2 is 2.15 bits per heavy atom. The first-order chi connectivity index (χ1) is 12.7. The molecule has 1 aliphatic heterocycles. The van der Waals surface area contributed by atoms with Crippen LogP contribution >= 0.6 is 0 Å². The van der Waals surface area contributed by atoms with Gasteiger partial charge in [-0.25, -0.2) is 0 Å². The van der Waals surface area contributed by atoms with E-state index in [2.05, 4.69) is 21.6 Å². The third kappa shape index (κ3) is 3.55. The van der Waals surface area contributed by atoms with E-state index in [1.165, 1.54) is 31.3 Å². The number of nitrogens with zero attached hydrogens (tertiary/aromatic N) is 2. The Morgan fingerprint density at radius 3 is 2.85 bits per heavy atom. The van der Waals surface area contributed by atoms with Gasteiger partial charge in [-0.2, -0.15) is 5.10 Å². The number of amides is 2. The number of piperidine rings is 1. The molecule has 1 saturated heterocycles. The summed E-state index contributed by atoms with van der Waals surface area (Å²) in [6, 6.07) is 0. The Labute approximate surface area is 154 Å². The zero-order valence-corrected chi connectivity index (χ0v) is 15.3. The Balaban J connectivity index is 1.21. The van der Waals surface area contributed by atoms with Crippen LogP contribution in [0.3, 0.4) is 0 Å². The topological polar surface area (TPSA) is 78.1 Å². The predicted octanol–water partition coefficient (Wildman–Crippen LogP) is 2.66. The average Bonchev–Trinajstić information content (AvgIpc) is 3.11. The quantitative estimate of drug-likeness (QED) is 0.796. The van der Waals surface area contributed by atoms with Gasteiger partial charge >= 0.3 is 0 Å². The number of carbonyl (C=O) groups is 2. The fourth-order valence-electron chi connectivity index (χ4n) is 4.58. The van der Waals surface area contributed by atoms with Gasteiger partial charge in [0.05, 0.1) is 11.8 Å². The van der Waals surface area contributed by atoms with Crippen molar-refractivity contribution in [3.05, 3.63) is 29.6 Å². The molecule has 1 spiro atoms. The first-order valence-electron chi connectivity index (χ1n) is 9.92. The second-order valence-electron chi connectivity index (χ2n) is 8.05. The fourth-order valence-corrected chi connectivity index (χ4v) is 4.58. The molecule has 0 aromatic carbocycles. The van der Waals surface area contributed by atoms with E-state index in [0.717, 1.165) is 45.3 Å². The minimum Gasteiger partial charge on any atom is -0.356 e. The van der Waals surface area contributed by atoms with Crippen LogP contribution < -0.4 is 5.32 Å². The van der Waals surface area contributed by atoms with Crippen molar-refractivity contribution in [1.29, 1.82) is 0 Å². The van der Waals surface area contributed by atoms with Crippen molar-refractivity contribution in [3.8, 4) is 0 Å². The van der Waals surface area contributed by atoms with Gasteiger partial charge < -0.3 is 10.2 Å². The number of nitrogens with one attached hydrogen (secondary N) is 2. The van der Waals surface area contributed by atoms with Crippen molar-refractivity contribution in [3.63, 3.8) is 0 Å². The summed E-state index contributed by atoms with van der Waals surface area (Å²) in [5, 5.41) is 9.68. The molecule has 6 heteroatoms. The molecule has 4 rings (SSSR count). The molecule has 26 heavy (non-hydrogen) atoms. The smallest absolute Gasteiger partial charge is 0.257 e. The Kier molecular flexibility index (Phi) is 4.83. The molecule has 0 bridgehead atoms. The molecule has 2 N–H and O–H groups in total. The van der Waals surface area contributed by atoms with Crippen LogP contribution in [0.5, 0.6) is 0 Å². The fraction of sp³-hybridized carbons (Fsp3) is 0.650. The summed E-state index contributed by atoms with van der Waals surface area (Å²) < 4.78 is 0. The van der Waals surface area contributed by atoms with Crippen molar-refractivity contribution in [2.24, 2.45) is 11.3 Å². The second-order valence-corrected chi connectivity index (χ2v) is 8.05. The van der Waals surface area contributed by atoms with E-state index >= 15 is 0 Å². The van der Waals surface area contributed by atoms with E-state index in [1.807, 2.05) is 4.90 Å². The molecule has 0 radical (unpaired) electrons. The average molecular weight is 356 g/mol. The van der Waals surface area contributed by atoms with Crippen molar-refractivity contribution >= 4 is 11.8 Å². The predicted molar refractivity (Wildman–Crippen MR) is 98.4 cm³/mol. The number of aromatic nitrogens is 2. The molecule has 1 saturated carbocycles. The van der Waals surface area contributed by atoms with Crippen molar-refractivity contribution in [2.75, 3.05) is 19.6 Å². The van der Waals surface area contributed by atoms with Gasteiger partial charge in [0.1, 0.15) is 0 Å². The number of hydrogen-bond donors (Lipinski definition) is 2. The van der Waals surface area contributed by atoms with Gasteiger partial charge in [-0.3, -0.25) is 14.7 Å². The van der Waals surface area contributed by atoms with Gasteiger partial charge in [-0.1, -0.05) is 11.6 Å². The van der Waals surface area contributed by atoms with Crippen LogP contribution in [0.4, 0.5) is 0 Å². The highest BCUT2D eigenvalue weighted by molar-refractivity contribution is 5.93. The molecule has 2 heterocycles. The van der Waals surface area contributed by atoms with Crippen LogP contribution in [0, 0.1) is 11.3 Å². The molecular formula is C20H28N4O2. The van der Waals surface area contributed by atoms with Gasteiger partial charge in [0.2, 0.25) is 5.91 Å². The second kappa shape index (κ2) is 7.25. The maximum Gasteiger partial charge on any atom is 0.257 e. The van der Waals surface area contributed by atoms with E-state index in [0.29, 0.717) is 5.56 Å². The zero-order chi connectivity index (χ0) is 18.0. The lowest BCUT2D eigenvalue weighted by Gasteiger charge is -2.32. The van der Waals surface area contributed by atoms with E-state index < -0.39 is 0 Å². The molecule has 2 aliphatic carbocycles. The number of allylic oxidation sites excluding steroid dienone is 1. The van der Waals surface area contributed by atoms with E-state index in [-0.39, 0.29) is 23.1 Å². The molecule has 140 valence electrons. The van der Waals surface area contributed by atoms with E-state index in [9.17, 15) is 9.59 Å². The van der Waals surface area contributed by atoms with Crippen LogP contribution in [0.1, 0.15) is 61.7 Å². The summed E-state index contributed by atoms with van der Waals surface area (Å²) in [5.74, 6) is 0.404. The third-order valence-electron chi connectivity index (χ3n) is 6.43. The maximum atomic E-state index is 12.5. The highest BCUT2D eigenvalue weighted by Crippen LogP contribution is 2.59. The number of aromatic amines is 1. The standard InChI is InChI=1S/C20H28N4O2/c25-18(21-9-6-15-4-2-1-3-5-15)17-12-20(17)7-10-24(11-8-20)19(26)16-13-22-23-14-16/h4,13-14,17H,1-3,5-12H2,(H,21,25)(H,22,23)/t17-/m1/s1. The highest BCUT2D eigenvalue weighted by Gasteiger charge is 2.58. The summed E-state index contributed by atoms with van der Waals surface area (Å²) in [6.07, 6.45) is 14.4. The first-order valence-corrected chi connectivity index (χ1v) is 9.92. The van der Waals surface area contributed by atoms with Crippen LogP contribution in [0.2, 0.25) is 0 Å². The zero-order valence-electron chi connectivity index (χ0n) is 15.3. The lowest BCUT2D eigenvalue weighted by molar-refractivity contribution is -0.123. The SMILES string of the molecule is O=C(NCCC1=CCCCC1)[C@H]1CC12CCN(C(=O)c1cn[nH]c1)CC2. The number of likely N-dealkylation sites (tertiary alicyclic amines) is 1. The number of H-pyrrole nitrogens is 1. The minimum atomic E-state index is 0.0380. The molecule has 1 atom stereocenters. The molecule has 2 fully saturated rings. The monoisotopic (exact) mass is 356 g/mol. The van der Waals surface area contributed by atoms with E-state index in [1.54, 1.807) is 12.4 Å². The summed E-state index contributed by atoms with van der Waals surface area (Å²) in [7, 11) is 0. The van der Waals surface area contributed by atoms with Gasteiger partial charge in [-0.15, -0.1) is 0 Å². The van der Waals surface area contributed by atoms with Crippen LogP contribution in [-0.4, -0.2) is 46.5 Å². The molecule has 1 aromatic rings. The maximum absolute atomic E-state index is 12.5. The van der Waals surface area contributed by atoms with Crippen LogP contribution in [0.25, 0.3) is 0 Å². The van der Waals surface area contributed by atoms with Crippen molar-refractivity contribution in [1.82, 2.24) is 20.4 Å². The number of hydrogen-bond acceptors (Lipinski definition) is 3. The highest BCUT2D eigenvalue weighted by atomic mass is 16.2. The summed E-state index contributed by atoms with van der Waals surface area (Å²) >= 11 is 0. The molecule has 3 aliphatic rings. The van der Waals surface area contributed by atoms with Crippen molar-refractivity contribution < 1.29 is 9.59 Å². The third-order valence-corrected chi connectivity index (χ3v) is 6.43. The molecular weight excluding hydrogens is 328 g/mol. The van der Waals surface area contributed by atoms with Crippen LogP contribution in [-0.2, 0) is 4.79 Å². The number of rotatable bonds is 5. The lowest BCUT2D eigenvalue weighted by Crippen LogP contribution is -2.40. The van der Waals surface area contributed by atoms with Gasteiger partial charge in [0.15, 0.2) is 0 Å². The Morgan fingerprint density at radius 1 is 1.31 bits per heavy atom. The summed E-state index contributed by atoms with van der Waals surface area (Å²) in [4.78, 5) is 26.8. The van der Waals surface area contributed by atoms with E-state index in [4.69, 9.17) is 0 Å².